The molecule has 0 radical (unpaired) electrons. The number of hydrogen-bond acceptors (Lipinski definition) is 4. The maximum atomic E-state index is 5.77. The molecule has 4 nitrogen and oxygen atoms in total. The lowest BCUT2D eigenvalue weighted by Gasteiger charge is -2.45. The van der Waals surface area contributed by atoms with Crippen LogP contribution in [0.3, 0.4) is 0 Å². The minimum absolute atomic E-state index is 0.646. The molecular formula is C24H30N2O2. The van der Waals surface area contributed by atoms with Crippen LogP contribution in [-0.4, -0.2) is 50.3 Å². The van der Waals surface area contributed by atoms with Gasteiger partial charge in [-0.15, -0.1) is 0 Å². The van der Waals surface area contributed by atoms with Crippen molar-refractivity contribution in [3.05, 3.63) is 54.1 Å². The van der Waals surface area contributed by atoms with E-state index >= 15 is 0 Å². The second-order valence-electron chi connectivity index (χ2n) is 8.30. The fraction of sp³-hybridized carbons (Fsp3) is 0.500. The molecule has 5 rings (SSSR count). The standard InChI is InChI=1S/C24H30N2O2/c1-2-5-19(6-3-1)17-22(20-7-4-8-20)26-13-11-25(12-14-26)21-9-10-23-24(18-21)28-16-15-27-23/h1-3,5-6,9-10,18,20,22H,4,7-8,11-17H2. The van der Waals surface area contributed by atoms with Gasteiger partial charge in [-0.05, 0) is 42.9 Å². The Bertz CT molecular complexity index is 782. The molecule has 28 heavy (non-hydrogen) atoms. The van der Waals surface area contributed by atoms with E-state index in [4.69, 9.17) is 9.47 Å². The quantitative estimate of drug-likeness (QED) is 0.785. The number of ether oxygens (including phenoxy) is 2. The first kappa shape index (κ1) is 17.9. The Kier molecular flexibility index (Phi) is 5.13. The van der Waals surface area contributed by atoms with Crippen molar-refractivity contribution in [1.29, 1.82) is 0 Å². The second kappa shape index (κ2) is 8.04. The summed E-state index contributed by atoms with van der Waals surface area (Å²) in [5.41, 5.74) is 2.74. The molecule has 0 aromatic heterocycles. The van der Waals surface area contributed by atoms with Gasteiger partial charge in [-0.2, -0.15) is 0 Å². The number of benzene rings is 2. The summed E-state index contributed by atoms with van der Waals surface area (Å²) in [5, 5.41) is 0. The van der Waals surface area contributed by atoms with E-state index in [0.29, 0.717) is 19.3 Å². The zero-order chi connectivity index (χ0) is 18.8. The first-order chi connectivity index (χ1) is 13.9. The van der Waals surface area contributed by atoms with E-state index in [2.05, 4.69) is 58.3 Å². The molecule has 1 atom stereocenters. The maximum Gasteiger partial charge on any atom is 0.163 e. The Hall–Kier alpha value is -2.20. The highest BCUT2D eigenvalue weighted by Gasteiger charge is 2.33. The first-order valence-electron chi connectivity index (χ1n) is 10.8. The van der Waals surface area contributed by atoms with E-state index in [1.165, 1.54) is 36.9 Å². The zero-order valence-corrected chi connectivity index (χ0v) is 16.6. The lowest BCUT2D eigenvalue weighted by Crippen LogP contribution is -2.54. The lowest BCUT2D eigenvalue weighted by atomic mass is 9.76. The minimum atomic E-state index is 0.646. The lowest BCUT2D eigenvalue weighted by molar-refractivity contribution is 0.0895. The van der Waals surface area contributed by atoms with Crippen LogP contribution in [0.2, 0.25) is 0 Å². The van der Waals surface area contributed by atoms with Crippen molar-refractivity contribution >= 4 is 5.69 Å². The molecule has 0 N–H and O–H groups in total. The van der Waals surface area contributed by atoms with Crippen molar-refractivity contribution in [2.24, 2.45) is 5.92 Å². The van der Waals surface area contributed by atoms with Gasteiger partial charge < -0.3 is 14.4 Å². The van der Waals surface area contributed by atoms with E-state index in [9.17, 15) is 0 Å². The molecule has 1 unspecified atom stereocenters. The van der Waals surface area contributed by atoms with Crippen LogP contribution >= 0.6 is 0 Å². The number of anilines is 1. The molecule has 3 aliphatic rings. The summed E-state index contributed by atoms with van der Waals surface area (Å²) in [5.74, 6) is 2.64. The number of rotatable bonds is 5. The highest BCUT2D eigenvalue weighted by atomic mass is 16.6. The highest BCUT2D eigenvalue weighted by molar-refractivity contribution is 5.57. The average Bonchev–Trinajstić information content (AvgIpc) is 2.72. The Balaban J connectivity index is 1.25. The highest BCUT2D eigenvalue weighted by Crippen LogP contribution is 2.36. The van der Waals surface area contributed by atoms with Crippen molar-refractivity contribution in [1.82, 2.24) is 4.90 Å². The summed E-state index contributed by atoms with van der Waals surface area (Å²) in [6.45, 7) is 5.74. The van der Waals surface area contributed by atoms with Gasteiger partial charge in [0.15, 0.2) is 11.5 Å². The van der Waals surface area contributed by atoms with Crippen molar-refractivity contribution < 1.29 is 9.47 Å². The number of piperazine rings is 1. The van der Waals surface area contributed by atoms with Gasteiger partial charge in [0, 0.05) is 44.0 Å². The molecule has 0 bridgehead atoms. The Morgan fingerprint density at radius 2 is 1.61 bits per heavy atom. The van der Waals surface area contributed by atoms with Gasteiger partial charge in [-0.25, -0.2) is 0 Å². The Labute approximate surface area is 168 Å². The van der Waals surface area contributed by atoms with Gasteiger partial charge in [0.1, 0.15) is 13.2 Å². The van der Waals surface area contributed by atoms with Gasteiger partial charge in [0.2, 0.25) is 0 Å². The van der Waals surface area contributed by atoms with Crippen molar-refractivity contribution in [3.63, 3.8) is 0 Å². The maximum absolute atomic E-state index is 5.77. The van der Waals surface area contributed by atoms with Gasteiger partial charge in [-0.1, -0.05) is 36.8 Å². The minimum Gasteiger partial charge on any atom is -0.486 e. The van der Waals surface area contributed by atoms with Gasteiger partial charge >= 0.3 is 0 Å². The smallest absolute Gasteiger partial charge is 0.163 e. The number of hydrogen-bond donors (Lipinski definition) is 0. The predicted molar refractivity (Wildman–Crippen MR) is 112 cm³/mol. The molecule has 2 aliphatic heterocycles. The Morgan fingerprint density at radius 1 is 0.857 bits per heavy atom. The molecular weight excluding hydrogens is 348 g/mol. The average molecular weight is 379 g/mol. The number of fused-ring (bicyclic) bond motifs is 1. The SMILES string of the molecule is c1ccc(CC(C2CCC2)N2CCN(c3ccc4c(c3)OCCO4)CC2)cc1. The van der Waals surface area contributed by atoms with Crippen molar-refractivity contribution in [2.45, 2.75) is 31.7 Å². The Morgan fingerprint density at radius 3 is 2.32 bits per heavy atom. The van der Waals surface area contributed by atoms with Crippen LogP contribution in [0.25, 0.3) is 0 Å². The van der Waals surface area contributed by atoms with E-state index in [-0.39, 0.29) is 0 Å². The molecule has 4 heteroatoms. The molecule has 1 aliphatic carbocycles. The van der Waals surface area contributed by atoms with E-state index < -0.39 is 0 Å². The monoisotopic (exact) mass is 378 g/mol. The van der Waals surface area contributed by atoms with Crippen molar-refractivity contribution in [2.75, 3.05) is 44.3 Å². The van der Waals surface area contributed by atoms with Gasteiger partial charge in [0.25, 0.3) is 0 Å². The van der Waals surface area contributed by atoms with Crippen LogP contribution < -0.4 is 14.4 Å². The zero-order valence-electron chi connectivity index (χ0n) is 16.6. The molecule has 2 heterocycles. The largest absolute Gasteiger partial charge is 0.486 e. The molecule has 1 saturated carbocycles. The number of nitrogens with zero attached hydrogens (tertiary/aromatic N) is 2. The van der Waals surface area contributed by atoms with Crippen LogP contribution in [0, 0.1) is 5.92 Å². The summed E-state index contributed by atoms with van der Waals surface area (Å²) in [6.07, 6.45) is 5.41. The third-order valence-corrected chi connectivity index (χ3v) is 6.66. The molecule has 148 valence electrons. The van der Waals surface area contributed by atoms with Crippen LogP contribution in [0.5, 0.6) is 11.5 Å². The topological polar surface area (TPSA) is 24.9 Å². The van der Waals surface area contributed by atoms with Crippen LogP contribution in [0.15, 0.2) is 48.5 Å². The predicted octanol–water partition coefficient (Wildman–Crippen LogP) is 3.99. The molecule has 0 amide bonds. The molecule has 2 aromatic carbocycles. The summed E-state index contributed by atoms with van der Waals surface area (Å²) >= 11 is 0. The molecule has 2 fully saturated rings. The normalized spacial score (nSPS) is 21.2. The molecule has 2 aromatic rings. The van der Waals surface area contributed by atoms with Crippen LogP contribution in [-0.2, 0) is 6.42 Å². The third kappa shape index (κ3) is 3.70. The first-order valence-corrected chi connectivity index (χ1v) is 10.8. The summed E-state index contributed by atoms with van der Waals surface area (Å²) < 4.78 is 11.4. The summed E-state index contributed by atoms with van der Waals surface area (Å²) in [4.78, 5) is 5.25. The van der Waals surface area contributed by atoms with Gasteiger partial charge in [-0.3, -0.25) is 4.90 Å². The fourth-order valence-electron chi connectivity index (χ4n) is 4.81. The van der Waals surface area contributed by atoms with Crippen molar-refractivity contribution in [3.8, 4) is 11.5 Å². The molecule has 0 spiro atoms. The third-order valence-electron chi connectivity index (χ3n) is 6.66. The van der Waals surface area contributed by atoms with E-state index in [0.717, 1.165) is 43.6 Å². The van der Waals surface area contributed by atoms with Crippen LogP contribution in [0.1, 0.15) is 24.8 Å². The van der Waals surface area contributed by atoms with E-state index in [1.807, 2.05) is 0 Å². The van der Waals surface area contributed by atoms with Gasteiger partial charge in [0.05, 0.1) is 0 Å². The summed E-state index contributed by atoms with van der Waals surface area (Å²) in [6, 6.07) is 18.1. The van der Waals surface area contributed by atoms with E-state index in [1.54, 1.807) is 0 Å². The summed E-state index contributed by atoms with van der Waals surface area (Å²) in [7, 11) is 0. The fourth-order valence-corrected chi connectivity index (χ4v) is 4.81. The second-order valence-corrected chi connectivity index (χ2v) is 8.30. The van der Waals surface area contributed by atoms with Crippen LogP contribution in [0.4, 0.5) is 5.69 Å². The molecule has 1 saturated heterocycles.